The Morgan fingerprint density at radius 2 is 1.58 bits per heavy atom. The molecular formula is C53H65N5O6. The molecule has 2 unspecified atom stereocenters. The van der Waals surface area contributed by atoms with Crippen molar-refractivity contribution < 1.29 is 28.5 Å². The molecule has 0 radical (unpaired) electrons. The topological polar surface area (TPSA) is 119 Å². The second-order valence-electron chi connectivity index (χ2n) is 16.8. The predicted octanol–water partition coefficient (Wildman–Crippen LogP) is 10.5. The van der Waals surface area contributed by atoms with Crippen LogP contribution in [0.2, 0.25) is 0 Å². The Bertz CT molecular complexity index is 2360. The summed E-state index contributed by atoms with van der Waals surface area (Å²) in [5, 5.41) is 0. The number of piperazine rings is 1. The third-order valence-electron chi connectivity index (χ3n) is 12.1. The normalized spacial score (nSPS) is 16.4. The van der Waals surface area contributed by atoms with Crippen molar-refractivity contribution in [2.24, 2.45) is 10.9 Å². The Morgan fingerprint density at radius 1 is 0.906 bits per heavy atom. The van der Waals surface area contributed by atoms with Crippen LogP contribution in [0.1, 0.15) is 90.3 Å². The Hall–Kier alpha value is -6.33. The monoisotopic (exact) mass is 867 g/mol. The summed E-state index contributed by atoms with van der Waals surface area (Å²) in [4.78, 5) is 36.6. The minimum atomic E-state index is -0.176. The van der Waals surface area contributed by atoms with Crippen LogP contribution in [0.15, 0.2) is 103 Å². The lowest BCUT2D eigenvalue weighted by molar-refractivity contribution is 0.0817. The van der Waals surface area contributed by atoms with Crippen LogP contribution in [-0.4, -0.2) is 94.4 Å². The maximum absolute atomic E-state index is 13.6. The molecule has 1 saturated heterocycles. The van der Waals surface area contributed by atoms with Gasteiger partial charge in [0.25, 0.3) is 5.91 Å². The Balaban J connectivity index is 0.000000271. The number of allylic oxidation sites excluding steroid dienone is 3. The van der Waals surface area contributed by atoms with Crippen LogP contribution in [0.4, 0.5) is 17.1 Å². The first-order chi connectivity index (χ1) is 30.9. The molecule has 4 aromatic carbocycles. The number of fused-ring (bicyclic) bond motifs is 2. The van der Waals surface area contributed by atoms with Gasteiger partial charge in [-0.15, -0.1) is 6.58 Å². The molecule has 3 aliphatic heterocycles. The van der Waals surface area contributed by atoms with Crippen molar-refractivity contribution in [1.29, 1.82) is 0 Å². The number of carbonyl (C=O) groups is 2. The van der Waals surface area contributed by atoms with E-state index < -0.39 is 0 Å². The minimum Gasteiger partial charge on any atom is -0.493 e. The second kappa shape index (κ2) is 22.3. The van der Waals surface area contributed by atoms with Crippen LogP contribution in [0.25, 0.3) is 11.1 Å². The summed E-state index contributed by atoms with van der Waals surface area (Å²) < 4.78 is 23.0. The molecule has 7 rings (SSSR count). The zero-order chi connectivity index (χ0) is 45.8. The molecule has 1 amide bonds. The van der Waals surface area contributed by atoms with Crippen molar-refractivity contribution in [2.75, 3.05) is 71.3 Å². The standard InChI is InChI=1S/C34H37N3O6.C19H28N2/c1-21-13-32(30(40-3)16-27(21)22(2)38)42-11-6-5-7-12-43-33-18-29-28(17-31(33)41-4)34(39)37-20-24(15-26(37)19-36-29)23-9-8-10-25(35)14-23;1-5-16(3)15-17(6-2)18-7-9-19(10-8-18)21-13-11-20(4)12-14-21/h8-10,13-14,16-20,26H,5-7,11-12,15,35H2,1-4H3;5-10,16H,1,11-15H2,2-4H3/b;17-6+. The second-order valence-corrected chi connectivity index (χ2v) is 16.8. The number of Topliss-reactive ketones (excluding diaryl/α,β-unsaturated/α-hetero) is 1. The third-order valence-corrected chi connectivity index (χ3v) is 12.1. The Labute approximate surface area is 379 Å². The highest BCUT2D eigenvalue weighted by Crippen LogP contribution is 2.40. The lowest BCUT2D eigenvalue weighted by atomic mass is 9.95. The number of nitrogens with two attached hydrogens (primary N) is 1. The first-order valence-corrected chi connectivity index (χ1v) is 22.3. The fourth-order valence-corrected chi connectivity index (χ4v) is 8.15. The van der Waals surface area contributed by atoms with Gasteiger partial charge in [0, 0.05) is 68.0 Å². The molecular weight excluding hydrogens is 803 g/mol. The Morgan fingerprint density at radius 3 is 2.20 bits per heavy atom. The maximum atomic E-state index is 13.6. The van der Waals surface area contributed by atoms with Crippen molar-refractivity contribution in [2.45, 2.75) is 65.8 Å². The first-order valence-electron chi connectivity index (χ1n) is 22.3. The lowest BCUT2D eigenvalue weighted by Gasteiger charge is -2.34. The number of ketones is 1. The number of aryl methyl sites for hydroxylation is 1. The molecule has 4 aromatic rings. The maximum Gasteiger partial charge on any atom is 0.260 e. The average Bonchev–Trinajstić information content (AvgIpc) is 3.69. The van der Waals surface area contributed by atoms with Gasteiger partial charge in [0.1, 0.15) is 0 Å². The van der Waals surface area contributed by atoms with E-state index in [-0.39, 0.29) is 17.7 Å². The number of amides is 1. The van der Waals surface area contributed by atoms with E-state index in [0.29, 0.717) is 71.1 Å². The fourth-order valence-electron chi connectivity index (χ4n) is 8.15. The molecule has 11 heteroatoms. The van der Waals surface area contributed by atoms with E-state index in [4.69, 9.17) is 24.7 Å². The highest BCUT2D eigenvalue weighted by atomic mass is 16.5. The number of nitrogens with zero attached hydrogens (tertiary/aromatic N) is 4. The molecule has 0 aliphatic carbocycles. The summed E-state index contributed by atoms with van der Waals surface area (Å²) in [5.41, 5.74) is 15.3. The van der Waals surface area contributed by atoms with Gasteiger partial charge in [0.2, 0.25) is 0 Å². The summed E-state index contributed by atoms with van der Waals surface area (Å²) in [6.45, 7) is 17.2. The van der Waals surface area contributed by atoms with Crippen LogP contribution in [-0.2, 0) is 0 Å². The summed E-state index contributed by atoms with van der Waals surface area (Å²) in [6, 6.07) is 23.6. The summed E-state index contributed by atoms with van der Waals surface area (Å²) in [5.74, 6) is 2.59. The number of unbranched alkanes of at least 4 members (excludes halogenated alkanes) is 2. The summed E-state index contributed by atoms with van der Waals surface area (Å²) >= 11 is 0. The number of anilines is 2. The highest BCUT2D eigenvalue weighted by molar-refractivity contribution is 6.05. The molecule has 3 heterocycles. The van der Waals surface area contributed by atoms with Gasteiger partial charge in [-0.1, -0.05) is 43.3 Å². The van der Waals surface area contributed by atoms with Crippen molar-refractivity contribution in [3.05, 3.63) is 126 Å². The van der Waals surface area contributed by atoms with Crippen molar-refractivity contribution in [3.8, 4) is 23.0 Å². The minimum absolute atomic E-state index is 0.00640. The summed E-state index contributed by atoms with van der Waals surface area (Å²) in [7, 11) is 5.32. The van der Waals surface area contributed by atoms with E-state index in [1.165, 1.54) is 23.7 Å². The largest absolute Gasteiger partial charge is 0.493 e. The quantitative estimate of drug-likeness (QED) is 0.0479. The number of benzene rings is 4. The van der Waals surface area contributed by atoms with E-state index in [1.54, 1.807) is 37.3 Å². The van der Waals surface area contributed by atoms with Gasteiger partial charge in [-0.3, -0.25) is 14.6 Å². The van der Waals surface area contributed by atoms with Gasteiger partial charge in [-0.2, -0.15) is 0 Å². The fraction of sp³-hybridized carbons (Fsp3) is 0.377. The van der Waals surface area contributed by atoms with Crippen LogP contribution in [0.5, 0.6) is 23.0 Å². The van der Waals surface area contributed by atoms with Gasteiger partial charge in [0.05, 0.1) is 44.7 Å². The summed E-state index contributed by atoms with van der Waals surface area (Å²) in [6.07, 6.45) is 12.2. The number of methoxy groups -OCH3 is 2. The van der Waals surface area contributed by atoms with Crippen molar-refractivity contribution in [1.82, 2.24) is 9.80 Å². The molecule has 3 aliphatic rings. The number of likely N-dealkylation sites (N-methyl/N-ethyl adjacent to an activating group) is 1. The van der Waals surface area contributed by atoms with E-state index >= 15 is 0 Å². The van der Waals surface area contributed by atoms with Crippen LogP contribution < -0.4 is 29.6 Å². The van der Waals surface area contributed by atoms with Crippen LogP contribution in [0, 0.1) is 12.8 Å². The number of hydrogen-bond donors (Lipinski definition) is 1. The molecule has 2 N–H and O–H groups in total. The average molecular weight is 868 g/mol. The van der Waals surface area contributed by atoms with Gasteiger partial charge in [-0.05, 0) is 130 Å². The predicted molar refractivity (Wildman–Crippen MR) is 261 cm³/mol. The molecule has 0 spiro atoms. The molecule has 1 fully saturated rings. The molecule has 11 nitrogen and oxygen atoms in total. The lowest BCUT2D eigenvalue weighted by Crippen LogP contribution is -2.44. The SMILES string of the molecule is C=CC(C)C/C(=C\C)c1ccc(N2CCN(C)CC2)cc1.COc1cc(C(C)=O)c(C)cc1OCCCCCOc1cc2c(cc1OC)C(=O)N1C=C(c3cccc(N)c3)CC1C=N2. The molecule has 0 aromatic heterocycles. The molecule has 2 atom stereocenters. The number of ether oxygens (including phenoxy) is 4. The van der Waals surface area contributed by atoms with Crippen LogP contribution >= 0.6 is 0 Å². The van der Waals surface area contributed by atoms with Crippen LogP contribution in [0.3, 0.4) is 0 Å². The van der Waals surface area contributed by atoms with E-state index in [1.807, 2.05) is 55.7 Å². The van der Waals surface area contributed by atoms with Gasteiger partial charge < -0.3 is 39.4 Å². The number of hydrogen-bond acceptors (Lipinski definition) is 10. The number of carbonyl (C=O) groups excluding carboxylic acids is 2. The number of rotatable bonds is 17. The Kier molecular flexibility index (Phi) is 16.5. The zero-order valence-corrected chi connectivity index (χ0v) is 38.7. The first kappa shape index (κ1) is 47.2. The number of nitrogen functional groups attached to an aromatic ring is 1. The number of aliphatic imine (C=N–C) groups is 1. The highest BCUT2D eigenvalue weighted by Gasteiger charge is 2.33. The molecule has 0 bridgehead atoms. The zero-order valence-electron chi connectivity index (χ0n) is 38.7. The van der Waals surface area contributed by atoms with Gasteiger partial charge in [0.15, 0.2) is 28.8 Å². The molecule has 64 heavy (non-hydrogen) atoms. The van der Waals surface area contributed by atoms with E-state index in [2.05, 4.69) is 72.6 Å². The molecule has 0 saturated carbocycles. The van der Waals surface area contributed by atoms with E-state index in [0.717, 1.165) is 68.6 Å². The van der Waals surface area contributed by atoms with Crippen molar-refractivity contribution in [3.63, 3.8) is 0 Å². The third kappa shape index (κ3) is 11.8. The smallest absolute Gasteiger partial charge is 0.260 e. The van der Waals surface area contributed by atoms with Gasteiger partial charge >= 0.3 is 0 Å². The van der Waals surface area contributed by atoms with E-state index in [9.17, 15) is 9.59 Å². The van der Waals surface area contributed by atoms with Gasteiger partial charge in [-0.25, -0.2) is 0 Å². The molecule has 338 valence electrons. The van der Waals surface area contributed by atoms with Crippen molar-refractivity contribution >= 4 is 46.1 Å².